The molecule has 0 unspecified atom stereocenters. The molecule has 2 aliphatic rings. The zero-order valence-corrected chi connectivity index (χ0v) is 16.9. The summed E-state index contributed by atoms with van der Waals surface area (Å²) in [4.78, 5) is 39.1. The minimum Gasteiger partial charge on any atom is -0.342 e. The molecule has 8 heteroatoms. The predicted octanol–water partition coefficient (Wildman–Crippen LogP) is 1.64. The average molecular weight is 397 g/mol. The van der Waals surface area contributed by atoms with Crippen molar-refractivity contribution in [3.8, 4) is 0 Å². The number of piperidine rings is 1. The number of carbonyl (C=O) groups is 2. The Balaban J connectivity index is 1.39. The third kappa shape index (κ3) is 4.26. The van der Waals surface area contributed by atoms with Crippen LogP contribution in [0.5, 0.6) is 0 Å². The lowest BCUT2D eigenvalue weighted by atomic mass is 9.95. The summed E-state index contributed by atoms with van der Waals surface area (Å²) in [5.41, 5.74) is 1.51. The fourth-order valence-corrected chi connectivity index (χ4v) is 3.88. The maximum Gasteiger partial charge on any atom is 0.346 e. The Morgan fingerprint density at radius 1 is 1.10 bits per heavy atom. The van der Waals surface area contributed by atoms with Crippen LogP contribution in [0, 0.1) is 12.8 Å². The molecule has 154 valence electrons. The third-order valence-corrected chi connectivity index (χ3v) is 5.80. The van der Waals surface area contributed by atoms with Gasteiger partial charge in [-0.05, 0) is 44.7 Å². The highest BCUT2D eigenvalue weighted by Gasteiger charge is 2.36. The molecule has 2 amide bonds. The van der Waals surface area contributed by atoms with E-state index in [9.17, 15) is 14.4 Å². The molecule has 0 radical (unpaired) electrons. The molecule has 1 aliphatic heterocycles. The molecule has 2 fully saturated rings. The van der Waals surface area contributed by atoms with Crippen LogP contribution in [0.4, 0.5) is 5.69 Å². The van der Waals surface area contributed by atoms with Gasteiger partial charge in [-0.15, -0.1) is 0 Å². The lowest BCUT2D eigenvalue weighted by Gasteiger charge is -2.31. The van der Waals surface area contributed by atoms with Crippen LogP contribution in [0.2, 0.25) is 0 Å². The van der Waals surface area contributed by atoms with Crippen LogP contribution in [0.15, 0.2) is 29.1 Å². The SMILES string of the molecule is Cc1ccc(NC(=O)Cn2nc(C3CCN(C(=O)C4CC4)CC3)n(C)c2=O)cc1. The van der Waals surface area contributed by atoms with E-state index in [-0.39, 0.29) is 35.9 Å². The van der Waals surface area contributed by atoms with Gasteiger partial charge in [0.25, 0.3) is 0 Å². The number of rotatable bonds is 5. The fourth-order valence-electron chi connectivity index (χ4n) is 3.88. The Hall–Kier alpha value is -2.90. The van der Waals surface area contributed by atoms with Gasteiger partial charge in [0.2, 0.25) is 11.8 Å². The van der Waals surface area contributed by atoms with Gasteiger partial charge in [0.1, 0.15) is 12.4 Å². The van der Waals surface area contributed by atoms with E-state index in [0.29, 0.717) is 24.6 Å². The van der Waals surface area contributed by atoms with Gasteiger partial charge in [0, 0.05) is 37.7 Å². The Labute approximate surface area is 169 Å². The molecule has 1 aliphatic carbocycles. The van der Waals surface area contributed by atoms with Crippen molar-refractivity contribution >= 4 is 17.5 Å². The summed E-state index contributed by atoms with van der Waals surface area (Å²) in [5.74, 6) is 1.04. The van der Waals surface area contributed by atoms with Gasteiger partial charge < -0.3 is 10.2 Å². The number of benzene rings is 1. The number of aromatic nitrogens is 3. The molecule has 1 aromatic carbocycles. The number of nitrogens with one attached hydrogen (secondary N) is 1. The van der Waals surface area contributed by atoms with Crippen molar-refractivity contribution < 1.29 is 9.59 Å². The van der Waals surface area contributed by atoms with Crippen LogP contribution < -0.4 is 11.0 Å². The van der Waals surface area contributed by atoms with E-state index in [1.807, 2.05) is 36.1 Å². The van der Waals surface area contributed by atoms with Gasteiger partial charge in [0.15, 0.2) is 0 Å². The first-order valence-corrected chi connectivity index (χ1v) is 10.2. The number of hydrogen-bond acceptors (Lipinski definition) is 4. The zero-order chi connectivity index (χ0) is 20.5. The monoisotopic (exact) mass is 397 g/mol. The van der Waals surface area contributed by atoms with E-state index < -0.39 is 0 Å². The first kappa shape index (κ1) is 19.4. The van der Waals surface area contributed by atoms with Crippen molar-refractivity contribution in [3.63, 3.8) is 0 Å². The van der Waals surface area contributed by atoms with Crippen LogP contribution in [0.25, 0.3) is 0 Å². The molecule has 0 atom stereocenters. The molecular weight excluding hydrogens is 370 g/mol. The lowest BCUT2D eigenvalue weighted by molar-refractivity contribution is -0.133. The highest BCUT2D eigenvalue weighted by atomic mass is 16.2. The normalized spacial score (nSPS) is 17.4. The maximum absolute atomic E-state index is 12.6. The number of carbonyl (C=O) groups excluding carboxylic acids is 2. The minimum absolute atomic E-state index is 0.123. The Morgan fingerprint density at radius 3 is 2.38 bits per heavy atom. The second-order valence-electron chi connectivity index (χ2n) is 8.15. The third-order valence-electron chi connectivity index (χ3n) is 5.80. The molecule has 29 heavy (non-hydrogen) atoms. The van der Waals surface area contributed by atoms with Crippen LogP contribution >= 0.6 is 0 Å². The largest absolute Gasteiger partial charge is 0.346 e. The zero-order valence-electron chi connectivity index (χ0n) is 16.9. The molecule has 1 N–H and O–H groups in total. The quantitative estimate of drug-likeness (QED) is 0.831. The summed E-state index contributed by atoms with van der Waals surface area (Å²) in [6.45, 7) is 3.26. The van der Waals surface area contributed by atoms with E-state index in [0.717, 1.165) is 31.2 Å². The van der Waals surface area contributed by atoms with Crippen molar-refractivity contribution in [1.82, 2.24) is 19.2 Å². The highest BCUT2D eigenvalue weighted by Crippen LogP contribution is 2.33. The van der Waals surface area contributed by atoms with Crippen LogP contribution in [-0.4, -0.2) is 44.2 Å². The number of nitrogens with zero attached hydrogens (tertiary/aromatic N) is 4. The van der Waals surface area contributed by atoms with Gasteiger partial charge in [-0.1, -0.05) is 17.7 Å². The lowest BCUT2D eigenvalue weighted by Crippen LogP contribution is -2.39. The summed E-state index contributed by atoms with van der Waals surface area (Å²) in [6.07, 6.45) is 3.61. The van der Waals surface area contributed by atoms with Crippen molar-refractivity contribution in [2.75, 3.05) is 18.4 Å². The summed E-state index contributed by atoms with van der Waals surface area (Å²) < 4.78 is 2.75. The van der Waals surface area contributed by atoms with E-state index in [4.69, 9.17) is 0 Å². The smallest absolute Gasteiger partial charge is 0.342 e. The fraction of sp³-hybridized carbons (Fsp3) is 0.524. The molecule has 1 saturated heterocycles. The van der Waals surface area contributed by atoms with Gasteiger partial charge in [-0.3, -0.25) is 14.2 Å². The molecule has 4 rings (SSSR count). The summed E-state index contributed by atoms with van der Waals surface area (Å²) >= 11 is 0. The van der Waals surface area contributed by atoms with Gasteiger partial charge >= 0.3 is 5.69 Å². The second kappa shape index (κ2) is 7.85. The summed E-state index contributed by atoms with van der Waals surface area (Å²) in [6, 6.07) is 7.50. The summed E-state index contributed by atoms with van der Waals surface area (Å²) in [7, 11) is 1.70. The molecular formula is C21H27N5O3. The van der Waals surface area contributed by atoms with Crippen molar-refractivity contribution in [2.45, 2.75) is 45.1 Å². The number of anilines is 1. The molecule has 0 bridgehead atoms. The Morgan fingerprint density at radius 2 is 1.76 bits per heavy atom. The molecule has 1 aromatic heterocycles. The predicted molar refractivity (Wildman–Crippen MR) is 109 cm³/mol. The average Bonchev–Trinajstić information content (AvgIpc) is 3.53. The first-order chi connectivity index (χ1) is 13.9. The van der Waals surface area contributed by atoms with Crippen molar-refractivity contribution in [3.05, 3.63) is 46.1 Å². The Kier molecular flexibility index (Phi) is 5.25. The summed E-state index contributed by atoms with van der Waals surface area (Å²) in [5, 5.41) is 7.24. The molecule has 1 saturated carbocycles. The highest BCUT2D eigenvalue weighted by molar-refractivity contribution is 5.90. The molecule has 2 aromatic rings. The van der Waals surface area contributed by atoms with Crippen molar-refractivity contribution in [2.24, 2.45) is 13.0 Å². The van der Waals surface area contributed by atoms with Gasteiger partial charge in [-0.2, -0.15) is 5.10 Å². The van der Waals surface area contributed by atoms with E-state index in [1.165, 1.54) is 9.25 Å². The molecule has 0 spiro atoms. The van der Waals surface area contributed by atoms with Gasteiger partial charge in [0.05, 0.1) is 0 Å². The number of hydrogen-bond donors (Lipinski definition) is 1. The maximum atomic E-state index is 12.6. The van der Waals surface area contributed by atoms with E-state index in [1.54, 1.807) is 7.05 Å². The minimum atomic E-state index is -0.296. The second-order valence-corrected chi connectivity index (χ2v) is 8.15. The Bertz CT molecular complexity index is 963. The van der Waals surface area contributed by atoms with Gasteiger partial charge in [-0.25, -0.2) is 9.48 Å². The number of amides is 2. The topological polar surface area (TPSA) is 89.2 Å². The number of aryl methyl sites for hydroxylation is 1. The molecule has 8 nitrogen and oxygen atoms in total. The van der Waals surface area contributed by atoms with Crippen molar-refractivity contribution in [1.29, 1.82) is 0 Å². The van der Waals surface area contributed by atoms with Crippen LogP contribution in [0.1, 0.15) is 43.0 Å². The van der Waals surface area contributed by atoms with Crippen LogP contribution in [-0.2, 0) is 23.2 Å². The first-order valence-electron chi connectivity index (χ1n) is 10.2. The van der Waals surface area contributed by atoms with Crippen LogP contribution in [0.3, 0.4) is 0 Å². The molecule has 2 heterocycles. The number of likely N-dealkylation sites (tertiary alicyclic amines) is 1. The van der Waals surface area contributed by atoms with E-state index >= 15 is 0 Å². The standard InChI is InChI=1S/C21H27N5O3/c1-14-3-7-17(8-4-14)22-18(27)13-26-21(29)24(2)19(23-26)15-9-11-25(12-10-15)20(28)16-5-6-16/h3-4,7-8,15-16H,5-6,9-13H2,1-2H3,(H,22,27). The van der Waals surface area contributed by atoms with E-state index in [2.05, 4.69) is 10.4 Å².